The summed E-state index contributed by atoms with van der Waals surface area (Å²) in [6.45, 7) is 1.60. The molecule has 0 aliphatic rings. The van der Waals surface area contributed by atoms with Gasteiger partial charge in [-0.3, -0.25) is 9.36 Å². The van der Waals surface area contributed by atoms with E-state index in [-0.39, 0.29) is 29.3 Å². The number of halogens is 4. The normalized spacial score (nSPS) is 11.9. The number of rotatable bonds is 5. The Morgan fingerprint density at radius 3 is 2.44 bits per heavy atom. The molecule has 0 N–H and O–H groups in total. The van der Waals surface area contributed by atoms with E-state index in [2.05, 4.69) is 15.1 Å². The van der Waals surface area contributed by atoms with Gasteiger partial charge in [0.2, 0.25) is 5.89 Å². The largest absolute Gasteiger partial charge is 0.472 e. The van der Waals surface area contributed by atoms with Gasteiger partial charge < -0.3 is 13.3 Å². The van der Waals surface area contributed by atoms with E-state index in [0.29, 0.717) is 22.5 Å². The second-order valence-electron chi connectivity index (χ2n) is 8.78. The van der Waals surface area contributed by atoms with Crippen molar-refractivity contribution in [2.75, 3.05) is 0 Å². The summed E-state index contributed by atoms with van der Waals surface area (Å²) in [7, 11) is 0. The molecule has 0 radical (unpaired) electrons. The van der Waals surface area contributed by atoms with Gasteiger partial charge in [-0.2, -0.15) is 18.2 Å². The quantitative estimate of drug-likeness (QED) is 0.245. The lowest BCUT2D eigenvalue weighted by Crippen LogP contribution is -2.13. The summed E-state index contributed by atoms with van der Waals surface area (Å²) >= 11 is 0. The van der Waals surface area contributed by atoms with E-state index in [1.54, 1.807) is 25.1 Å². The Hall–Kier alpha value is -5.00. The van der Waals surface area contributed by atoms with E-state index in [0.717, 1.165) is 6.07 Å². The van der Waals surface area contributed by atoms with Crippen LogP contribution in [0.15, 0.2) is 82.5 Å². The van der Waals surface area contributed by atoms with Crippen LogP contribution in [0.25, 0.3) is 27.9 Å². The van der Waals surface area contributed by atoms with Crippen LogP contribution in [0.5, 0.6) is 0 Å². The number of carbonyl (C=O) groups is 1. The Labute approximate surface area is 217 Å². The van der Waals surface area contributed by atoms with Crippen molar-refractivity contribution in [2.45, 2.75) is 19.5 Å². The molecule has 0 aliphatic heterocycles. The molecule has 0 aliphatic carbocycles. The monoisotopic (exact) mass is 535 g/mol. The fourth-order valence-electron chi connectivity index (χ4n) is 4.34. The molecule has 0 saturated carbocycles. The minimum Gasteiger partial charge on any atom is -0.472 e. The molecule has 6 aromatic rings. The SMILES string of the molecule is Cc1noc(Cc2c(C(=O)n3ccc(-c4ccc(F)cc4)c3)nc3c(C(F)(F)F)cc(-c4ccoc4)cn23)n1. The molecule has 0 unspecified atom stereocenters. The second kappa shape index (κ2) is 9.08. The highest BCUT2D eigenvalue weighted by atomic mass is 19.4. The van der Waals surface area contributed by atoms with Gasteiger partial charge in [-0.25, -0.2) is 9.37 Å². The van der Waals surface area contributed by atoms with Gasteiger partial charge in [0.25, 0.3) is 5.91 Å². The van der Waals surface area contributed by atoms with Crippen molar-refractivity contribution in [1.82, 2.24) is 24.1 Å². The zero-order valence-electron chi connectivity index (χ0n) is 20.1. The first kappa shape index (κ1) is 24.3. The van der Waals surface area contributed by atoms with E-state index in [1.807, 2.05) is 0 Å². The van der Waals surface area contributed by atoms with Gasteiger partial charge in [-0.15, -0.1) is 0 Å². The number of hydrogen-bond donors (Lipinski definition) is 0. The van der Waals surface area contributed by atoms with Gasteiger partial charge in [0.1, 0.15) is 11.5 Å². The summed E-state index contributed by atoms with van der Waals surface area (Å²) in [6, 6.07) is 9.82. The first-order chi connectivity index (χ1) is 18.7. The van der Waals surface area contributed by atoms with Gasteiger partial charge in [0.15, 0.2) is 11.5 Å². The molecule has 5 aromatic heterocycles. The van der Waals surface area contributed by atoms with E-state index >= 15 is 0 Å². The van der Waals surface area contributed by atoms with E-state index in [4.69, 9.17) is 8.94 Å². The molecule has 0 amide bonds. The summed E-state index contributed by atoms with van der Waals surface area (Å²) in [5.41, 5.74) is 0.329. The third-order valence-corrected chi connectivity index (χ3v) is 6.17. The Balaban J connectivity index is 1.53. The summed E-state index contributed by atoms with van der Waals surface area (Å²) in [6.07, 6.45) is 2.17. The van der Waals surface area contributed by atoms with Crippen LogP contribution in [0.1, 0.15) is 33.5 Å². The molecule has 196 valence electrons. The third-order valence-electron chi connectivity index (χ3n) is 6.17. The second-order valence-corrected chi connectivity index (χ2v) is 8.78. The van der Waals surface area contributed by atoms with Crippen LogP contribution in [-0.4, -0.2) is 30.0 Å². The van der Waals surface area contributed by atoms with Crippen LogP contribution in [0, 0.1) is 12.7 Å². The number of carbonyl (C=O) groups excluding carboxylic acids is 1. The van der Waals surface area contributed by atoms with E-state index in [1.165, 1.54) is 58.3 Å². The van der Waals surface area contributed by atoms with Crippen molar-refractivity contribution in [3.05, 3.63) is 108 Å². The van der Waals surface area contributed by atoms with Crippen molar-refractivity contribution < 1.29 is 31.3 Å². The summed E-state index contributed by atoms with van der Waals surface area (Å²) < 4.78 is 68.7. The van der Waals surface area contributed by atoms with Crippen molar-refractivity contribution in [2.24, 2.45) is 0 Å². The highest BCUT2D eigenvalue weighted by molar-refractivity contribution is 5.97. The fourth-order valence-corrected chi connectivity index (χ4v) is 4.34. The highest BCUT2D eigenvalue weighted by Crippen LogP contribution is 2.37. The molecule has 0 saturated heterocycles. The lowest BCUT2D eigenvalue weighted by molar-refractivity contribution is -0.136. The lowest BCUT2D eigenvalue weighted by atomic mass is 10.1. The molecule has 1 aromatic carbocycles. The van der Waals surface area contributed by atoms with Crippen molar-refractivity contribution >= 4 is 11.6 Å². The lowest BCUT2D eigenvalue weighted by Gasteiger charge is -2.11. The average Bonchev–Trinajstić information content (AvgIpc) is 3.71. The molecule has 0 spiro atoms. The van der Waals surface area contributed by atoms with Crippen LogP contribution < -0.4 is 0 Å². The predicted octanol–water partition coefficient (Wildman–Crippen LogP) is 6.19. The number of pyridine rings is 1. The number of nitrogens with zero attached hydrogens (tertiary/aromatic N) is 5. The predicted molar refractivity (Wildman–Crippen MR) is 129 cm³/mol. The zero-order valence-corrected chi connectivity index (χ0v) is 20.1. The van der Waals surface area contributed by atoms with E-state index < -0.39 is 29.1 Å². The van der Waals surface area contributed by atoms with Crippen LogP contribution in [-0.2, 0) is 12.6 Å². The molecule has 8 nitrogen and oxygen atoms in total. The van der Waals surface area contributed by atoms with Gasteiger partial charge in [0.05, 0.1) is 30.2 Å². The number of fused-ring (bicyclic) bond motifs is 1. The average molecular weight is 535 g/mol. The van der Waals surface area contributed by atoms with Crippen LogP contribution in [0.2, 0.25) is 0 Å². The molecular formula is C27H17F4N5O3. The number of aromatic nitrogens is 5. The molecule has 5 heterocycles. The number of alkyl halides is 3. The number of hydrogen-bond acceptors (Lipinski definition) is 6. The summed E-state index contributed by atoms with van der Waals surface area (Å²) in [4.78, 5) is 22.0. The van der Waals surface area contributed by atoms with Gasteiger partial charge >= 0.3 is 6.18 Å². The maximum Gasteiger partial charge on any atom is 0.420 e. The molecule has 0 fully saturated rings. The standard InChI is InChI=1S/C27H17F4N5O3/c1-15-32-23(39-34-15)11-22-24(26(37)35-8-6-17(12-35)16-2-4-20(28)5-3-16)33-25-21(27(29,30)31)10-19(13-36(22)25)18-7-9-38-14-18/h2-10,12-14H,11H2,1H3. The number of furan rings is 1. The first-order valence-electron chi connectivity index (χ1n) is 11.6. The Bertz CT molecular complexity index is 1810. The minimum atomic E-state index is -4.77. The fraction of sp³-hybridized carbons (Fsp3) is 0.111. The third kappa shape index (κ3) is 4.49. The molecule has 39 heavy (non-hydrogen) atoms. The maximum atomic E-state index is 14.2. The van der Waals surface area contributed by atoms with Crippen molar-refractivity contribution in [3.63, 3.8) is 0 Å². The Morgan fingerprint density at radius 2 is 1.77 bits per heavy atom. The summed E-state index contributed by atoms with van der Waals surface area (Å²) in [5.74, 6) is -0.646. The molecular weight excluding hydrogens is 518 g/mol. The van der Waals surface area contributed by atoms with Crippen molar-refractivity contribution in [3.8, 4) is 22.3 Å². The van der Waals surface area contributed by atoms with E-state index in [9.17, 15) is 22.4 Å². The molecule has 6 rings (SSSR count). The molecule has 0 atom stereocenters. The van der Waals surface area contributed by atoms with Crippen LogP contribution in [0.4, 0.5) is 17.6 Å². The van der Waals surface area contributed by atoms with Crippen molar-refractivity contribution in [1.29, 1.82) is 0 Å². The number of benzene rings is 1. The zero-order chi connectivity index (χ0) is 27.3. The highest BCUT2D eigenvalue weighted by Gasteiger charge is 2.36. The number of aryl methyl sites for hydroxylation is 1. The topological polar surface area (TPSA) is 91.4 Å². The molecule has 0 bridgehead atoms. The van der Waals surface area contributed by atoms with Crippen LogP contribution in [0.3, 0.4) is 0 Å². The number of imidazole rings is 1. The van der Waals surface area contributed by atoms with Crippen LogP contribution >= 0.6 is 0 Å². The first-order valence-corrected chi connectivity index (χ1v) is 11.6. The minimum absolute atomic E-state index is 0.102. The Kier molecular flexibility index (Phi) is 5.67. The van der Waals surface area contributed by atoms with Gasteiger partial charge in [-0.1, -0.05) is 17.3 Å². The Morgan fingerprint density at radius 1 is 0.974 bits per heavy atom. The van der Waals surface area contributed by atoms with Gasteiger partial charge in [-0.05, 0) is 48.4 Å². The maximum absolute atomic E-state index is 14.2. The van der Waals surface area contributed by atoms with Gasteiger partial charge in [0, 0.05) is 29.7 Å². The molecule has 12 heteroatoms. The smallest absolute Gasteiger partial charge is 0.420 e. The summed E-state index contributed by atoms with van der Waals surface area (Å²) in [5, 5.41) is 3.74.